The average molecular weight is 355 g/mol. The molecule has 0 aliphatic heterocycles. The second-order valence-electron chi connectivity index (χ2n) is 6.64. The number of aliphatic imine (C=N–C) groups is 1. The van der Waals surface area contributed by atoms with Crippen LogP contribution in [0.1, 0.15) is 39.9 Å². The van der Waals surface area contributed by atoms with Crippen LogP contribution in [-0.4, -0.2) is 18.6 Å². The van der Waals surface area contributed by atoms with Crippen LogP contribution in [0.25, 0.3) is 0 Å². The molecule has 134 valence electrons. The van der Waals surface area contributed by atoms with Crippen LogP contribution in [0, 0.1) is 0 Å². The Bertz CT molecular complexity index is 1020. The number of carbonyl (C=O) groups excluding carboxylic acids is 1. The lowest BCUT2D eigenvalue weighted by molar-refractivity contribution is 0.0988. The van der Waals surface area contributed by atoms with Crippen molar-refractivity contribution in [3.8, 4) is 5.75 Å². The van der Waals surface area contributed by atoms with Crippen molar-refractivity contribution in [3.05, 3.63) is 95.1 Å². The zero-order chi connectivity index (χ0) is 18.8. The third-order valence-electron chi connectivity index (χ3n) is 5.02. The van der Waals surface area contributed by atoms with Crippen molar-refractivity contribution in [2.45, 2.75) is 19.3 Å². The van der Waals surface area contributed by atoms with Gasteiger partial charge in [0, 0.05) is 11.1 Å². The summed E-state index contributed by atoms with van der Waals surface area (Å²) in [5.41, 5.74) is 5.52. The molecule has 1 aliphatic carbocycles. The molecular formula is C24H21NO2. The minimum Gasteiger partial charge on any atom is -0.497 e. The van der Waals surface area contributed by atoms with Crippen LogP contribution in [0.2, 0.25) is 0 Å². The summed E-state index contributed by atoms with van der Waals surface area (Å²) in [5, 5.41) is 0. The standard InChI is InChI=1S/C24H21NO2/c1-3-16-7-6-8-18(15-16)25-23-20-9-4-5-10-21(20)24(26)22(23)17-11-13-19(27-2)14-12-17/h4-15,22H,3H2,1-2H3/t22-/m0/s1. The summed E-state index contributed by atoms with van der Waals surface area (Å²) in [6.07, 6.45) is 0.954. The fourth-order valence-corrected chi connectivity index (χ4v) is 3.57. The van der Waals surface area contributed by atoms with Crippen molar-refractivity contribution in [3.63, 3.8) is 0 Å². The number of rotatable bonds is 4. The van der Waals surface area contributed by atoms with Gasteiger partial charge in [0.15, 0.2) is 5.78 Å². The molecule has 3 nitrogen and oxygen atoms in total. The predicted octanol–water partition coefficient (Wildman–Crippen LogP) is 5.36. The number of hydrogen-bond acceptors (Lipinski definition) is 3. The third kappa shape index (κ3) is 3.17. The van der Waals surface area contributed by atoms with Crippen LogP contribution in [0.15, 0.2) is 77.8 Å². The summed E-state index contributed by atoms with van der Waals surface area (Å²) in [7, 11) is 1.64. The van der Waals surface area contributed by atoms with Crippen LogP contribution < -0.4 is 4.74 Å². The van der Waals surface area contributed by atoms with Crippen molar-refractivity contribution in [1.82, 2.24) is 0 Å². The minimum atomic E-state index is -0.390. The van der Waals surface area contributed by atoms with Crippen LogP contribution >= 0.6 is 0 Å². The van der Waals surface area contributed by atoms with E-state index < -0.39 is 5.92 Å². The lowest BCUT2D eigenvalue weighted by atomic mass is 9.93. The van der Waals surface area contributed by atoms with Crippen LogP contribution in [-0.2, 0) is 6.42 Å². The zero-order valence-corrected chi connectivity index (χ0v) is 15.5. The second-order valence-corrected chi connectivity index (χ2v) is 6.64. The van der Waals surface area contributed by atoms with Gasteiger partial charge in [0.25, 0.3) is 0 Å². The molecule has 1 aliphatic rings. The van der Waals surface area contributed by atoms with Crippen molar-refractivity contribution in [2.75, 3.05) is 7.11 Å². The van der Waals surface area contributed by atoms with E-state index in [0.717, 1.165) is 40.3 Å². The summed E-state index contributed by atoms with van der Waals surface area (Å²) >= 11 is 0. The number of aryl methyl sites for hydroxylation is 1. The molecule has 27 heavy (non-hydrogen) atoms. The van der Waals surface area contributed by atoms with Gasteiger partial charge in [-0.05, 0) is 41.8 Å². The Morgan fingerprint density at radius 1 is 0.926 bits per heavy atom. The summed E-state index contributed by atoms with van der Waals surface area (Å²) < 4.78 is 5.25. The fourth-order valence-electron chi connectivity index (χ4n) is 3.57. The number of carbonyl (C=O) groups is 1. The largest absolute Gasteiger partial charge is 0.497 e. The van der Waals surface area contributed by atoms with E-state index in [1.807, 2.05) is 60.7 Å². The average Bonchev–Trinajstić information content (AvgIpc) is 3.00. The normalized spacial score (nSPS) is 17.2. The van der Waals surface area contributed by atoms with Gasteiger partial charge >= 0.3 is 0 Å². The number of ether oxygens (including phenoxy) is 1. The summed E-state index contributed by atoms with van der Waals surface area (Å²) in [6.45, 7) is 2.13. The molecule has 0 heterocycles. The second kappa shape index (κ2) is 7.20. The van der Waals surface area contributed by atoms with Crippen molar-refractivity contribution >= 4 is 17.2 Å². The highest BCUT2D eigenvalue weighted by molar-refractivity contribution is 6.32. The Hall–Kier alpha value is -3.20. The molecule has 3 aromatic rings. The maximum absolute atomic E-state index is 13.2. The predicted molar refractivity (Wildman–Crippen MR) is 109 cm³/mol. The van der Waals surface area contributed by atoms with Crippen LogP contribution in [0.3, 0.4) is 0 Å². The lowest BCUT2D eigenvalue weighted by Gasteiger charge is -2.12. The molecule has 0 saturated carbocycles. The number of methoxy groups -OCH3 is 1. The Kier molecular flexibility index (Phi) is 4.59. The first-order valence-electron chi connectivity index (χ1n) is 9.16. The molecule has 0 aromatic heterocycles. The molecule has 0 N–H and O–H groups in total. The number of Topliss-reactive ketones (excluding diaryl/α,β-unsaturated/α-hetero) is 1. The van der Waals surface area contributed by atoms with E-state index in [0.29, 0.717) is 0 Å². The summed E-state index contributed by atoms with van der Waals surface area (Å²) in [6, 6.07) is 23.6. The Labute approximate surface area is 159 Å². The molecule has 4 rings (SSSR count). The quantitative estimate of drug-likeness (QED) is 0.632. The van der Waals surface area contributed by atoms with Gasteiger partial charge in [0.1, 0.15) is 5.75 Å². The number of benzene rings is 3. The van der Waals surface area contributed by atoms with Gasteiger partial charge in [0.2, 0.25) is 0 Å². The minimum absolute atomic E-state index is 0.0983. The van der Waals surface area contributed by atoms with Gasteiger partial charge < -0.3 is 4.74 Å². The first-order chi connectivity index (χ1) is 13.2. The third-order valence-corrected chi connectivity index (χ3v) is 5.02. The summed E-state index contributed by atoms with van der Waals surface area (Å²) in [5.74, 6) is 0.482. The first kappa shape index (κ1) is 17.2. The van der Waals surface area contributed by atoms with E-state index >= 15 is 0 Å². The maximum atomic E-state index is 13.2. The number of ketones is 1. The molecule has 0 fully saturated rings. The van der Waals surface area contributed by atoms with E-state index in [-0.39, 0.29) is 5.78 Å². The Morgan fingerprint density at radius 3 is 2.37 bits per heavy atom. The lowest BCUT2D eigenvalue weighted by Crippen LogP contribution is -2.13. The molecule has 0 bridgehead atoms. The van der Waals surface area contributed by atoms with Gasteiger partial charge in [-0.3, -0.25) is 9.79 Å². The van der Waals surface area contributed by atoms with E-state index in [4.69, 9.17) is 9.73 Å². The molecular weight excluding hydrogens is 334 g/mol. The van der Waals surface area contributed by atoms with Crippen LogP contribution in [0.4, 0.5) is 5.69 Å². The highest BCUT2D eigenvalue weighted by Gasteiger charge is 2.37. The Balaban J connectivity index is 1.85. The maximum Gasteiger partial charge on any atom is 0.176 e. The van der Waals surface area contributed by atoms with Gasteiger partial charge in [-0.1, -0.05) is 55.5 Å². The SMILES string of the molecule is CCc1cccc(N=C2c3ccccc3C(=O)[C@H]2c2ccc(OC)cc2)c1. The first-order valence-corrected chi connectivity index (χ1v) is 9.16. The van der Waals surface area contributed by atoms with Gasteiger partial charge in [-0.15, -0.1) is 0 Å². The van der Waals surface area contributed by atoms with Crippen molar-refractivity contribution in [2.24, 2.45) is 4.99 Å². The molecule has 0 spiro atoms. The van der Waals surface area contributed by atoms with E-state index in [1.165, 1.54) is 5.56 Å². The van der Waals surface area contributed by atoms with Gasteiger partial charge in [-0.25, -0.2) is 0 Å². The highest BCUT2D eigenvalue weighted by atomic mass is 16.5. The fraction of sp³-hybridized carbons (Fsp3) is 0.167. The van der Waals surface area contributed by atoms with Crippen LogP contribution in [0.5, 0.6) is 5.75 Å². The monoisotopic (exact) mass is 355 g/mol. The zero-order valence-electron chi connectivity index (χ0n) is 15.5. The molecule has 0 unspecified atom stereocenters. The van der Waals surface area contributed by atoms with E-state index in [1.54, 1.807) is 7.11 Å². The molecule has 3 heteroatoms. The van der Waals surface area contributed by atoms with Crippen molar-refractivity contribution < 1.29 is 9.53 Å². The number of fused-ring (bicyclic) bond motifs is 1. The van der Waals surface area contributed by atoms with E-state index in [2.05, 4.69) is 19.1 Å². The topological polar surface area (TPSA) is 38.7 Å². The molecule has 0 amide bonds. The highest BCUT2D eigenvalue weighted by Crippen LogP contribution is 2.36. The molecule has 0 radical (unpaired) electrons. The van der Waals surface area contributed by atoms with E-state index in [9.17, 15) is 4.79 Å². The van der Waals surface area contributed by atoms with Gasteiger partial charge in [-0.2, -0.15) is 0 Å². The molecule has 1 atom stereocenters. The van der Waals surface area contributed by atoms with Gasteiger partial charge in [0.05, 0.1) is 24.4 Å². The summed E-state index contributed by atoms with van der Waals surface area (Å²) in [4.78, 5) is 18.1. The Morgan fingerprint density at radius 2 is 1.67 bits per heavy atom. The number of hydrogen-bond donors (Lipinski definition) is 0. The van der Waals surface area contributed by atoms with Crippen molar-refractivity contribution in [1.29, 1.82) is 0 Å². The number of nitrogens with zero attached hydrogens (tertiary/aromatic N) is 1. The molecule has 0 saturated heterocycles. The molecule has 3 aromatic carbocycles. The smallest absolute Gasteiger partial charge is 0.176 e.